The predicted molar refractivity (Wildman–Crippen MR) is 107 cm³/mol. The van der Waals surface area contributed by atoms with Crippen molar-refractivity contribution in [3.8, 4) is 5.88 Å². The number of aromatic nitrogens is 2. The second-order valence-corrected chi connectivity index (χ2v) is 6.55. The molecule has 0 spiro atoms. The molecule has 2 N–H and O–H groups in total. The van der Waals surface area contributed by atoms with Crippen LogP contribution >= 0.6 is 0 Å². The monoisotopic (exact) mass is 446 g/mol. The predicted octanol–water partition coefficient (Wildman–Crippen LogP) is 0.229. The Balaban J connectivity index is 2.08. The zero-order chi connectivity index (χ0) is 23.3. The van der Waals surface area contributed by atoms with Gasteiger partial charge in [-0.1, -0.05) is 12.1 Å². The van der Waals surface area contributed by atoms with Crippen LogP contribution in [0.1, 0.15) is 21.9 Å². The van der Waals surface area contributed by atoms with Crippen LogP contribution in [0.3, 0.4) is 0 Å². The number of nitrogens with zero attached hydrogens (tertiary/aromatic N) is 4. The van der Waals surface area contributed by atoms with Crippen LogP contribution in [-0.2, 0) is 32.2 Å². The molecule has 32 heavy (non-hydrogen) atoms. The molecular formula is C20H22N4O8. The highest BCUT2D eigenvalue weighted by atomic mass is 16.5. The van der Waals surface area contributed by atoms with Crippen molar-refractivity contribution >= 4 is 24.9 Å². The van der Waals surface area contributed by atoms with E-state index >= 15 is 0 Å². The maximum atomic E-state index is 11.3. The molecule has 2 aromatic heterocycles. The molecule has 2 aromatic rings. The number of carboxylic acids is 2. The van der Waals surface area contributed by atoms with Crippen LogP contribution in [0.4, 0.5) is 0 Å². The summed E-state index contributed by atoms with van der Waals surface area (Å²) in [4.78, 5) is 55.0. The van der Waals surface area contributed by atoms with Gasteiger partial charge in [0.25, 0.3) is 12.9 Å². The Bertz CT molecular complexity index is 939. The van der Waals surface area contributed by atoms with Gasteiger partial charge >= 0.3 is 11.9 Å². The fourth-order valence-corrected chi connectivity index (χ4v) is 2.82. The first-order chi connectivity index (χ1) is 15.4. The molecule has 12 nitrogen and oxygen atoms in total. The summed E-state index contributed by atoms with van der Waals surface area (Å²) >= 11 is 0. The molecule has 0 aliphatic carbocycles. The topological polar surface area (TPSA) is 159 Å². The van der Waals surface area contributed by atoms with Gasteiger partial charge in [-0.15, -0.1) is 0 Å². The largest absolute Gasteiger partial charge is 0.480 e. The first kappa shape index (κ1) is 24.4. The molecule has 0 atom stereocenters. The van der Waals surface area contributed by atoms with Gasteiger partial charge in [0.15, 0.2) is 0 Å². The van der Waals surface area contributed by atoms with Gasteiger partial charge in [0.2, 0.25) is 5.88 Å². The summed E-state index contributed by atoms with van der Waals surface area (Å²) in [6.45, 7) is 1.04. The number of ether oxygens (including phenoxy) is 2. The van der Waals surface area contributed by atoms with Crippen LogP contribution in [0, 0.1) is 0 Å². The van der Waals surface area contributed by atoms with Gasteiger partial charge in [0.05, 0.1) is 17.9 Å². The molecule has 0 unspecified atom stereocenters. The van der Waals surface area contributed by atoms with Crippen molar-refractivity contribution in [2.45, 2.75) is 13.1 Å². The summed E-state index contributed by atoms with van der Waals surface area (Å²) in [5, 5.41) is 18.3. The van der Waals surface area contributed by atoms with Crippen molar-refractivity contribution in [3.05, 3.63) is 53.5 Å². The van der Waals surface area contributed by atoms with Gasteiger partial charge in [-0.25, -0.2) is 14.8 Å². The standard InChI is InChI=1S/C20H22N4O8/c25-13-31-12-24(10-15-3-1-5-17(21-15)20(29)30)8-7-23(11-19(27)28)9-16-4-2-6-18(22-16)32-14-26/h1-6,13-14H,7-12H2,(H,27,28)(H,29,30). The van der Waals surface area contributed by atoms with Gasteiger partial charge in [-0.3, -0.25) is 24.2 Å². The summed E-state index contributed by atoms with van der Waals surface area (Å²) in [6, 6.07) is 9.35. The Morgan fingerprint density at radius 2 is 1.56 bits per heavy atom. The normalized spacial score (nSPS) is 10.7. The van der Waals surface area contributed by atoms with E-state index in [0.29, 0.717) is 11.4 Å². The molecule has 0 amide bonds. The number of hydrogen-bond donors (Lipinski definition) is 2. The molecule has 0 bridgehead atoms. The third-order valence-electron chi connectivity index (χ3n) is 4.16. The van der Waals surface area contributed by atoms with Crippen molar-refractivity contribution in [1.82, 2.24) is 19.8 Å². The van der Waals surface area contributed by atoms with E-state index in [1.165, 1.54) is 12.1 Å². The fourth-order valence-electron chi connectivity index (χ4n) is 2.82. The van der Waals surface area contributed by atoms with Crippen LogP contribution < -0.4 is 4.74 Å². The van der Waals surface area contributed by atoms with Crippen molar-refractivity contribution in [3.63, 3.8) is 0 Å². The van der Waals surface area contributed by atoms with Crippen LogP contribution in [0.25, 0.3) is 0 Å². The SMILES string of the molecule is O=COCN(CCN(CC(=O)O)Cc1cccc(OC=O)n1)Cc1cccc(C(=O)O)n1. The first-order valence-corrected chi connectivity index (χ1v) is 9.38. The maximum absolute atomic E-state index is 11.3. The minimum Gasteiger partial charge on any atom is -0.480 e. The molecule has 0 aromatic carbocycles. The third kappa shape index (κ3) is 8.45. The summed E-state index contributed by atoms with van der Waals surface area (Å²) in [7, 11) is 0. The lowest BCUT2D eigenvalue weighted by Crippen LogP contribution is -2.38. The lowest BCUT2D eigenvalue weighted by atomic mass is 10.2. The van der Waals surface area contributed by atoms with E-state index in [1.54, 1.807) is 34.1 Å². The quantitative estimate of drug-likeness (QED) is 0.284. The molecular weight excluding hydrogens is 424 g/mol. The molecule has 0 aliphatic heterocycles. The minimum absolute atomic E-state index is 0.0930. The second kappa shape index (κ2) is 12.7. The number of hydrogen-bond acceptors (Lipinski definition) is 10. The molecule has 12 heteroatoms. The van der Waals surface area contributed by atoms with Crippen LogP contribution in [0.2, 0.25) is 0 Å². The number of rotatable bonds is 15. The summed E-state index contributed by atoms with van der Waals surface area (Å²) in [5.41, 5.74) is 0.830. The van der Waals surface area contributed by atoms with Crippen molar-refractivity contribution < 1.29 is 38.9 Å². The third-order valence-corrected chi connectivity index (χ3v) is 4.16. The Labute approximate surface area is 183 Å². The van der Waals surface area contributed by atoms with Crippen molar-refractivity contribution in [1.29, 1.82) is 0 Å². The Kier molecular flexibility index (Phi) is 9.69. The maximum Gasteiger partial charge on any atom is 0.354 e. The number of carboxylic acid groups (broad SMARTS) is 2. The van der Waals surface area contributed by atoms with Crippen molar-refractivity contribution in [2.75, 3.05) is 26.4 Å². The molecule has 0 saturated heterocycles. The molecule has 0 aliphatic rings. The van der Waals surface area contributed by atoms with E-state index in [2.05, 4.69) is 9.97 Å². The summed E-state index contributed by atoms with van der Waals surface area (Å²) in [5.74, 6) is -2.11. The number of aliphatic carboxylic acids is 1. The summed E-state index contributed by atoms with van der Waals surface area (Å²) in [6.07, 6.45) is 0. The van der Waals surface area contributed by atoms with Crippen LogP contribution in [0.5, 0.6) is 5.88 Å². The Morgan fingerprint density at radius 3 is 2.22 bits per heavy atom. The van der Waals surface area contributed by atoms with Crippen LogP contribution in [-0.4, -0.2) is 81.2 Å². The zero-order valence-electron chi connectivity index (χ0n) is 17.0. The molecule has 0 radical (unpaired) electrons. The van der Waals surface area contributed by atoms with Gasteiger partial charge < -0.3 is 19.7 Å². The van der Waals surface area contributed by atoms with Gasteiger partial charge in [0, 0.05) is 32.2 Å². The van der Waals surface area contributed by atoms with E-state index in [9.17, 15) is 24.3 Å². The van der Waals surface area contributed by atoms with E-state index in [0.717, 1.165) is 0 Å². The number of aromatic carboxylic acids is 1. The number of carbonyl (C=O) groups excluding carboxylic acids is 2. The van der Waals surface area contributed by atoms with Gasteiger partial charge in [-0.05, 0) is 18.2 Å². The Morgan fingerprint density at radius 1 is 0.906 bits per heavy atom. The second-order valence-electron chi connectivity index (χ2n) is 6.55. The molecule has 2 heterocycles. The highest BCUT2D eigenvalue weighted by molar-refractivity contribution is 5.85. The first-order valence-electron chi connectivity index (χ1n) is 9.38. The van der Waals surface area contributed by atoms with Gasteiger partial charge in [0.1, 0.15) is 12.4 Å². The molecule has 170 valence electrons. The minimum atomic E-state index is -1.16. The number of carbonyl (C=O) groups is 4. The van der Waals surface area contributed by atoms with E-state index in [4.69, 9.17) is 14.6 Å². The Hall–Kier alpha value is -3.90. The molecule has 0 fully saturated rings. The highest BCUT2D eigenvalue weighted by Crippen LogP contribution is 2.10. The number of pyridine rings is 2. The van der Waals surface area contributed by atoms with Crippen molar-refractivity contribution in [2.24, 2.45) is 0 Å². The zero-order valence-corrected chi connectivity index (χ0v) is 17.0. The van der Waals surface area contributed by atoms with Crippen LogP contribution in [0.15, 0.2) is 36.4 Å². The molecule has 0 saturated carbocycles. The van der Waals surface area contributed by atoms with E-state index in [-0.39, 0.29) is 64.0 Å². The molecule has 2 rings (SSSR count). The van der Waals surface area contributed by atoms with E-state index < -0.39 is 11.9 Å². The van der Waals surface area contributed by atoms with E-state index in [1.807, 2.05) is 0 Å². The average molecular weight is 446 g/mol. The lowest BCUT2D eigenvalue weighted by molar-refractivity contribution is -0.138. The lowest BCUT2D eigenvalue weighted by Gasteiger charge is -2.25. The average Bonchev–Trinajstić information content (AvgIpc) is 2.75. The summed E-state index contributed by atoms with van der Waals surface area (Å²) < 4.78 is 9.54. The fraction of sp³-hybridized carbons (Fsp3) is 0.300. The van der Waals surface area contributed by atoms with Gasteiger partial charge in [-0.2, -0.15) is 0 Å². The smallest absolute Gasteiger partial charge is 0.354 e. The highest BCUT2D eigenvalue weighted by Gasteiger charge is 2.16.